The van der Waals surface area contributed by atoms with Gasteiger partial charge in [0.25, 0.3) is 0 Å². The molecule has 1 N–H and O–H groups in total. The number of benzene rings is 1. The lowest BCUT2D eigenvalue weighted by molar-refractivity contribution is -0.137. The van der Waals surface area contributed by atoms with Gasteiger partial charge in [0.15, 0.2) is 0 Å². The summed E-state index contributed by atoms with van der Waals surface area (Å²) in [6, 6.07) is 3.59. The summed E-state index contributed by atoms with van der Waals surface area (Å²) >= 11 is 0. The number of rotatable bonds is 0. The molecule has 92 valence electrons. The topological polar surface area (TPSA) is 21.3 Å². The van der Waals surface area contributed by atoms with Crippen LogP contribution in [-0.4, -0.2) is 12.1 Å². The molecule has 1 fully saturated rings. The van der Waals surface area contributed by atoms with Gasteiger partial charge in [0.05, 0.1) is 17.8 Å². The second-order valence-corrected chi connectivity index (χ2v) is 4.70. The van der Waals surface area contributed by atoms with Gasteiger partial charge in [-0.15, -0.1) is 0 Å². The molecule has 0 bridgehead atoms. The summed E-state index contributed by atoms with van der Waals surface area (Å²) < 4.78 is 43.3. The van der Waals surface area contributed by atoms with Gasteiger partial charge in [-0.3, -0.25) is 0 Å². The van der Waals surface area contributed by atoms with Crippen molar-refractivity contribution in [3.05, 3.63) is 23.8 Å². The fourth-order valence-corrected chi connectivity index (χ4v) is 2.31. The molecule has 0 aromatic heterocycles. The van der Waals surface area contributed by atoms with Crippen LogP contribution in [0, 0.1) is 0 Å². The summed E-state index contributed by atoms with van der Waals surface area (Å²) in [7, 11) is 0. The summed E-state index contributed by atoms with van der Waals surface area (Å²) in [6.45, 7) is 0.599. The summed E-state index contributed by atoms with van der Waals surface area (Å²) in [6.07, 6.45) is -1.24. The SMILES string of the molecule is FC(F)(F)c1ccc2c(c1)NCC1(CCC1)O2. The maximum absolute atomic E-state index is 12.5. The molecule has 1 saturated carbocycles. The van der Waals surface area contributed by atoms with Gasteiger partial charge < -0.3 is 10.1 Å². The Hall–Kier alpha value is -1.39. The highest BCUT2D eigenvalue weighted by Gasteiger charge is 2.42. The van der Waals surface area contributed by atoms with E-state index in [1.165, 1.54) is 6.07 Å². The lowest BCUT2D eigenvalue weighted by atomic mass is 9.79. The zero-order valence-electron chi connectivity index (χ0n) is 9.10. The number of hydrogen-bond acceptors (Lipinski definition) is 2. The number of halogens is 3. The molecule has 1 spiro atoms. The van der Waals surface area contributed by atoms with E-state index in [1.54, 1.807) is 0 Å². The first kappa shape index (κ1) is 10.7. The Kier molecular flexibility index (Phi) is 2.09. The number of anilines is 1. The van der Waals surface area contributed by atoms with Crippen LogP contribution in [0.2, 0.25) is 0 Å². The molecule has 0 saturated heterocycles. The number of nitrogens with one attached hydrogen (secondary N) is 1. The van der Waals surface area contributed by atoms with Crippen molar-refractivity contribution in [2.75, 3.05) is 11.9 Å². The molecular weight excluding hydrogens is 231 g/mol. The van der Waals surface area contributed by atoms with Crippen LogP contribution < -0.4 is 10.1 Å². The Labute approximate surface area is 96.8 Å². The minimum atomic E-state index is -4.30. The number of fused-ring (bicyclic) bond motifs is 1. The van der Waals surface area contributed by atoms with Gasteiger partial charge >= 0.3 is 6.18 Å². The van der Waals surface area contributed by atoms with Gasteiger partial charge in [-0.2, -0.15) is 13.2 Å². The van der Waals surface area contributed by atoms with Crippen molar-refractivity contribution in [3.63, 3.8) is 0 Å². The van der Waals surface area contributed by atoms with Crippen molar-refractivity contribution in [3.8, 4) is 5.75 Å². The first-order chi connectivity index (χ1) is 7.99. The Balaban J connectivity index is 1.91. The fourth-order valence-electron chi connectivity index (χ4n) is 2.31. The van der Waals surface area contributed by atoms with E-state index < -0.39 is 11.7 Å². The molecule has 0 radical (unpaired) electrons. The zero-order valence-corrected chi connectivity index (χ0v) is 9.10. The Bertz CT molecular complexity index is 452. The Morgan fingerprint density at radius 2 is 2.00 bits per heavy atom. The first-order valence-corrected chi connectivity index (χ1v) is 5.63. The van der Waals surface area contributed by atoms with E-state index in [0.29, 0.717) is 18.0 Å². The molecule has 17 heavy (non-hydrogen) atoms. The molecule has 0 atom stereocenters. The van der Waals surface area contributed by atoms with Gasteiger partial charge in [-0.1, -0.05) is 0 Å². The Morgan fingerprint density at radius 1 is 1.24 bits per heavy atom. The molecule has 5 heteroatoms. The van der Waals surface area contributed by atoms with Gasteiger partial charge in [0, 0.05) is 0 Å². The maximum Gasteiger partial charge on any atom is 0.416 e. The van der Waals surface area contributed by atoms with Crippen LogP contribution in [0.5, 0.6) is 5.75 Å². The van der Waals surface area contributed by atoms with Crippen LogP contribution in [0.1, 0.15) is 24.8 Å². The smallest absolute Gasteiger partial charge is 0.416 e. The molecule has 2 aliphatic rings. The molecule has 3 rings (SSSR count). The maximum atomic E-state index is 12.5. The quantitative estimate of drug-likeness (QED) is 0.753. The molecule has 1 aliphatic carbocycles. The average Bonchev–Trinajstić information content (AvgIpc) is 2.24. The minimum absolute atomic E-state index is 0.174. The summed E-state index contributed by atoms with van der Waals surface area (Å²) in [4.78, 5) is 0. The second kappa shape index (κ2) is 3.31. The van der Waals surface area contributed by atoms with Crippen LogP contribution in [0.15, 0.2) is 18.2 Å². The van der Waals surface area contributed by atoms with E-state index in [0.717, 1.165) is 31.4 Å². The summed E-state index contributed by atoms with van der Waals surface area (Å²) in [5.41, 5.74) is -0.374. The molecule has 1 aromatic rings. The standard InChI is InChI=1S/C12H12F3NO/c13-12(14,15)8-2-3-10-9(6-8)16-7-11(17-10)4-1-5-11/h2-3,6,16H,1,4-5,7H2. The molecule has 0 unspecified atom stereocenters. The normalized spacial score (nSPS) is 21.1. The third-order valence-corrected chi connectivity index (χ3v) is 3.50. The second-order valence-electron chi connectivity index (χ2n) is 4.70. The average molecular weight is 243 g/mol. The molecule has 1 heterocycles. The van der Waals surface area contributed by atoms with Crippen LogP contribution in [-0.2, 0) is 6.18 Å². The van der Waals surface area contributed by atoms with Gasteiger partial charge in [0.2, 0.25) is 0 Å². The van der Waals surface area contributed by atoms with E-state index in [-0.39, 0.29) is 5.60 Å². The van der Waals surface area contributed by atoms with E-state index in [2.05, 4.69) is 5.32 Å². The van der Waals surface area contributed by atoms with Gasteiger partial charge in [-0.05, 0) is 37.5 Å². The number of alkyl halides is 3. The minimum Gasteiger partial charge on any atom is -0.483 e. The molecule has 1 aromatic carbocycles. The summed E-state index contributed by atoms with van der Waals surface area (Å²) in [5, 5.41) is 3.04. The van der Waals surface area contributed by atoms with Crippen molar-refractivity contribution >= 4 is 5.69 Å². The fraction of sp³-hybridized carbons (Fsp3) is 0.500. The predicted octanol–water partition coefficient (Wildman–Crippen LogP) is 3.43. The van der Waals surface area contributed by atoms with Crippen molar-refractivity contribution in [1.29, 1.82) is 0 Å². The van der Waals surface area contributed by atoms with E-state index in [4.69, 9.17) is 4.74 Å². The lowest BCUT2D eigenvalue weighted by Gasteiger charge is -2.45. The van der Waals surface area contributed by atoms with Crippen LogP contribution in [0.3, 0.4) is 0 Å². The first-order valence-electron chi connectivity index (χ1n) is 5.63. The van der Waals surface area contributed by atoms with E-state index >= 15 is 0 Å². The molecule has 2 nitrogen and oxygen atoms in total. The van der Waals surface area contributed by atoms with Crippen LogP contribution >= 0.6 is 0 Å². The van der Waals surface area contributed by atoms with E-state index in [1.807, 2.05) is 0 Å². The molecular formula is C12H12F3NO. The van der Waals surface area contributed by atoms with Crippen molar-refractivity contribution in [1.82, 2.24) is 0 Å². The highest BCUT2D eigenvalue weighted by molar-refractivity contribution is 5.60. The van der Waals surface area contributed by atoms with Crippen molar-refractivity contribution in [2.45, 2.75) is 31.0 Å². The largest absolute Gasteiger partial charge is 0.483 e. The van der Waals surface area contributed by atoms with Gasteiger partial charge in [-0.25, -0.2) is 0 Å². The highest BCUT2D eigenvalue weighted by Crippen LogP contribution is 2.44. The van der Waals surface area contributed by atoms with Gasteiger partial charge in [0.1, 0.15) is 11.4 Å². The lowest BCUT2D eigenvalue weighted by Crippen LogP contribution is -2.51. The van der Waals surface area contributed by atoms with Crippen LogP contribution in [0.4, 0.5) is 18.9 Å². The number of ether oxygens (including phenoxy) is 1. The molecule has 1 aliphatic heterocycles. The van der Waals surface area contributed by atoms with E-state index in [9.17, 15) is 13.2 Å². The van der Waals surface area contributed by atoms with Crippen LogP contribution in [0.25, 0.3) is 0 Å². The Morgan fingerprint density at radius 3 is 2.59 bits per heavy atom. The predicted molar refractivity (Wildman–Crippen MR) is 57.1 cm³/mol. The van der Waals surface area contributed by atoms with Crippen molar-refractivity contribution in [2.24, 2.45) is 0 Å². The third kappa shape index (κ3) is 1.73. The third-order valence-electron chi connectivity index (χ3n) is 3.50. The summed E-state index contributed by atoms with van der Waals surface area (Å²) in [5.74, 6) is 0.531. The zero-order chi connectivity index (χ0) is 12.1. The highest BCUT2D eigenvalue weighted by atomic mass is 19.4. The van der Waals surface area contributed by atoms with Crippen molar-refractivity contribution < 1.29 is 17.9 Å². The monoisotopic (exact) mass is 243 g/mol. The molecule has 0 amide bonds. The number of hydrogen-bond donors (Lipinski definition) is 1.